The molecule has 3 aromatic heterocycles. The van der Waals surface area contributed by atoms with E-state index in [0.717, 1.165) is 0 Å². The molecule has 0 aliphatic heterocycles. The van der Waals surface area contributed by atoms with Crippen molar-refractivity contribution in [2.45, 2.75) is 0 Å². The molecule has 9 rings (SSSR count). The van der Waals surface area contributed by atoms with Gasteiger partial charge in [0.05, 0.1) is 32.7 Å². The number of rotatable bonds is 9. The first-order valence-electron chi connectivity index (χ1n) is 18.2. The molecule has 0 amide bonds. The van der Waals surface area contributed by atoms with Gasteiger partial charge < -0.3 is 30.3 Å². The number of hydrogen-bond acceptors (Lipinski definition) is 12. The lowest BCUT2D eigenvalue weighted by Crippen LogP contribution is -2.00. The molecule has 63 heavy (non-hydrogen) atoms. The Morgan fingerprint density at radius 2 is 0.571 bits per heavy atom. The summed E-state index contributed by atoms with van der Waals surface area (Å²) in [5, 5.41) is 57.9. The number of halogens is 3. The summed E-state index contributed by atoms with van der Waals surface area (Å²) in [5.74, 6) is -0.872. The Morgan fingerprint density at radius 3 is 0.778 bits per heavy atom. The predicted octanol–water partition coefficient (Wildman–Crippen LogP) is 10.5. The maximum atomic E-state index is 11.2. The van der Waals surface area contributed by atoms with Gasteiger partial charge in [0.25, 0.3) is 0 Å². The summed E-state index contributed by atoms with van der Waals surface area (Å²) in [7, 11) is 0. The van der Waals surface area contributed by atoms with Crippen molar-refractivity contribution >= 4 is 52.3 Å². The molecule has 0 saturated heterocycles. The average molecular weight is 902 g/mol. The molecule has 0 fully saturated rings. The van der Waals surface area contributed by atoms with Crippen LogP contribution in [0.15, 0.2) is 164 Å². The zero-order chi connectivity index (χ0) is 44.5. The van der Waals surface area contributed by atoms with Crippen LogP contribution in [0.4, 0.5) is 17.5 Å². The zero-order valence-electron chi connectivity index (χ0n) is 32.0. The van der Waals surface area contributed by atoms with Crippen molar-refractivity contribution in [3.63, 3.8) is 0 Å². The van der Waals surface area contributed by atoms with Crippen molar-refractivity contribution in [1.29, 1.82) is 0 Å². The Bertz CT molecular complexity index is 2680. The third kappa shape index (κ3) is 9.90. The van der Waals surface area contributed by atoms with Crippen LogP contribution in [0.2, 0.25) is 15.1 Å². The summed E-state index contributed by atoms with van der Waals surface area (Å²) in [5.41, 5.74) is 4.93. The molecule has 9 aromatic rings. The summed E-state index contributed by atoms with van der Waals surface area (Å²) in [6.45, 7) is 0. The van der Waals surface area contributed by atoms with Gasteiger partial charge in [-0.2, -0.15) is 14.0 Å². The Kier molecular flexibility index (Phi) is 13.3. The summed E-state index contributed by atoms with van der Waals surface area (Å²) in [6.07, 6.45) is 0. The second kappa shape index (κ2) is 19.5. The summed E-state index contributed by atoms with van der Waals surface area (Å²) in [4.78, 5) is 31.9. The largest absolute Gasteiger partial charge is 0.419 e. The van der Waals surface area contributed by atoms with Crippen LogP contribution in [0, 0.1) is 30.3 Å². The van der Waals surface area contributed by atoms with E-state index in [1.807, 2.05) is 54.6 Å². The van der Waals surface area contributed by atoms with Crippen LogP contribution < -0.4 is 0 Å². The fraction of sp³-hybridized carbons (Fsp3) is 0. The molecular formula is C42H27Cl3N12O6. The molecule has 312 valence electrons. The van der Waals surface area contributed by atoms with E-state index in [1.165, 1.54) is 14.0 Å². The number of nitrogens with zero attached hydrogens (tertiary/aromatic N) is 12. The molecule has 0 bridgehead atoms. The van der Waals surface area contributed by atoms with Gasteiger partial charge in [0.1, 0.15) is 15.3 Å². The maximum absolute atomic E-state index is 11.2. The first kappa shape index (κ1) is 42.9. The SMILES string of the molecule is O=[N+]([O-])c1nnn(-c2ccccc2)c1-c1ccc(Cl)cc1.O=[N+]([O-])c1nnn(-c2ccccc2)c1-c1ccc(Cl)cc1.O=[N+]([O-])c1nnn(-c2ccccc2)c1-c1ccc(Cl)cc1. The summed E-state index contributed by atoms with van der Waals surface area (Å²) < 4.78 is 4.34. The lowest BCUT2D eigenvalue weighted by atomic mass is 10.1. The van der Waals surface area contributed by atoms with E-state index in [2.05, 4.69) is 30.9 Å². The highest BCUT2D eigenvalue weighted by atomic mass is 35.5. The molecule has 0 atom stereocenters. The fourth-order valence-corrected chi connectivity index (χ4v) is 6.40. The minimum absolute atomic E-state index is 0.291. The van der Waals surface area contributed by atoms with Crippen LogP contribution in [-0.2, 0) is 0 Å². The van der Waals surface area contributed by atoms with Crippen LogP contribution in [-0.4, -0.2) is 59.8 Å². The molecule has 21 heteroatoms. The van der Waals surface area contributed by atoms with Crippen molar-refractivity contribution < 1.29 is 14.8 Å². The van der Waals surface area contributed by atoms with Gasteiger partial charge in [0, 0.05) is 31.8 Å². The minimum Gasteiger partial charge on any atom is -0.358 e. The topological polar surface area (TPSA) is 222 Å². The molecule has 0 spiro atoms. The lowest BCUT2D eigenvalue weighted by Gasteiger charge is -2.05. The van der Waals surface area contributed by atoms with Crippen LogP contribution in [0.1, 0.15) is 0 Å². The van der Waals surface area contributed by atoms with E-state index in [-0.39, 0.29) is 17.5 Å². The van der Waals surface area contributed by atoms with Gasteiger partial charge in [-0.15, -0.1) is 0 Å². The van der Waals surface area contributed by atoms with Gasteiger partial charge in [-0.3, -0.25) is 0 Å². The lowest BCUT2D eigenvalue weighted by molar-refractivity contribution is -0.389. The number of hydrogen-bond donors (Lipinski definition) is 0. The van der Waals surface area contributed by atoms with Crippen molar-refractivity contribution in [1.82, 2.24) is 45.0 Å². The third-order valence-electron chi connectivity index (χ3n) is 8.83. The first-order chi connectivity index (χ1) is 30.5. The van der Waals surface area contributed by atoms with Gasteiger partial charge >= 0.3 is 17.5 Å². The van der Waals surface area contributed by atoms with Crippen LogP contribution in [0.5, 0.6) is 0 Å². The number of para-hydroxylation sites is 3. The molecule has 0 radical (unpaired) electrons. The Labute approximate surface area is 370 Å². The number of benzene rings is 6. The van der Waals surface area contributed by atoms with Gasteiger partial charge in [0.15, 0.2) is 17.1 Å². The third-order valence-corrected chi connectivity index (χ3v) is 9.59. The predicted molar refractivity (Wildman–Crippen MR) is 235 cm³/mol. The molecule has 18 nitrogen and oxygen atoms in total. The Balaban J connectivity index is 0.000000142. The molecule has 0 unspecified atom stereocenters. The van der Waals surface area contributed by atoms with Gasteiger partial charge in [-0.25, -0.2) is 0 Å². The molecular weight excluding hydrogens is 875 g/mol. The second-order valence-corrected chi connectivity index (χ2v) is 14.1. The molecule has 0 aliphatic rings. The first-order valence-corrected chi connectivity index (χ1v) is 19.4. The molecule has 0 N–H and O–H groups in total. The number of aromatic nitrogens is 9. The summed E-state index contributed by atoms with van der Waals surface area (Å²) >= 11 is 17.6. The van der Waals surface area contributed by atoms with Crippen molar-refractivity contribution in [2.75, 3.05) is 0 Å². The fourth-order valence-electron chi connectivity index (χ4n) is 6.02. The smallest absolute Gasteiger partial charge is 0.358 e. The highest BCUT2D eigenvalue weighted by molar-refractivity contribution is 6.31. The maximum Gasteiger partial charge on any atom is 0.419 e. The highest BCUT2D eigenvalue weighted by Gasteiger charge is 2.28. The molecule has 0 aliphatic carbocycles. The van der Waals surface area contributed by atoms with E-state index in [0.29, 0.717) is 65.9 Å². The van der Waals surface area contributed by atoms with Crippen LogP contribution >= 0.6 is 34.8 Å². The van der Waals surface area contributed by atoms with Gasteiger partial charge in [0.2, 0.25) is 0 Å². The monoisotopic (exact) mass is 900 g/mol. The van der Waals surface area contributed by atoms with Crippen LogP contribution in [0.3, 0.4) is 0 Å². The highest BCUT2D eigenvalue weighted by Crippen LogP contribution is 2.33. The molecule has 6 aromatic carbocycles. The van der Waals surface area contributed by atoms with E-state index in [9.17, 15) is 30.3 Å². The quantitative estimate of drug-likeness (QED) is 0.0975. The van der Waals surface area contributed by atoms with Crippen molar-refractivity contribution in [3.8, 4) is 50.8 Å². The molecule has 0 saturated carbocycles. The molecule has 3 heterocycles. The summed E-state index contributed by atoms with van der Waals surface area (Å²) in [6, 6.07) is 47.6. The zero-order valence-corrected chi connectivity index (χ0v) is 34.3. The second-order valence-electron chi connectivity index (χ2n) is 12.8. The Morgan fingerprint density at radius 1 is 0.349 bits per heavy atom. The Hall–Kier alpha value is -8.19. The van der Waals surface area contributed by atoms with Gasteiger partial charge in [-0.1, -0.05) is 126 Å². The van der Waals surface area contributed by atoms with Crippen molar-refractivity contribution in [3.05, 3.63) is 209 Å². The van der Waals surface area contributed by atoms with Crippen LogP contribution in [0.25, 0.3) is 50.8 Å². The normalized spacial score (nSPS) is 10.5. The minimum atomic E-state index is -0.545. The van der Waals surface area contributed by atoms with E-state index >= 15 is 0 Å². The van der Waals surface area contributed by atoms with E-state index in [1.54, 1.807) is 109 Å². The number of nitro groups is 3. The standard InChI is InChI=1S/3C14H9ClN4O2/c3*15-11-8-6-10(7-9-11)13-14(19(20)21)16-17-18(13)12-4-2-1-3-5-12/h3*1-9H. The van der Waals surface area contributed by atoms with E-state index in [4.69, 9.17) is 34.8 Å². The average Bonchev–Trinajstić information content (AvgIpc) is 4.07. The van der Waals surface area contributed by atoms with Crippen molar-refractivity contribution in [2.24, 2.45) is 0 Å². The van der Waals surface area contributed by atoms with E-state index < -0.39 is 14.8 Å². The van der Waals surface area contributed by atoms with Gasteiger partial charge in [-0.05, 0) is 87.6 Å².